The van der Waals surface area contributed by atoms with Gasteiger partial charge in [-0.1, -0.05) is 153 Å². The Balaban J connectivity index is 1.23. The van der Waals surface area contributed by atoms with Gasteiger partial charge in [0.25, 0.3) is 0 Å². The lowest BCUT2D eigenvalue weighted by molar-refractivity contribution is 0.660. The smallest absolute Gasteiger partial charge is 0.145 e. The van der Waals surface area contributed by atoms with Crippen LogP contribution in [0.15, 0.2) is 158 Å². The Morgan fingerprint density at radius 2 is 1.08 bits per heavy atom. The second-order valence-electron chi connectivity index (χ2n) is 14.3. The van der Waals surface area contributed by atoms with Gasteiger partial charge in [0.1, 0.15) is 5.82 Å². The van der Waals surface area contributed by atoms with Gasteiger partial charge in [-0.3, -0.25) is 4.57 Å². The number of aromatic nitrogens is 2. The second kappa shape index (κ2) is 9.33. The van der Waals surface area contributed by atoms with Crippen LogP contribution < -0.4 is 0 Å². The van der Waals surface area contributed by atoms with Crippen molar-refractivity contribution in [1.82, 2.24) is 9.55 Å². The largest absolute Gasteiger partial charge is 0.292 e. The highest BCUT2D eigenvalue weighted by Crippen LogP contribution is 2.62. The molecule has 1 spiro atoms. The average molecular weight is 625 g/mol. The minimum absolute atomic E-state index is 0.0636. The summed E-state index contributed by atoms with van der Waals surface area (Å²) < 4.78 is 2.41. The molecule has 8 aromatic rings. The molecule has 2 heteroatoms. The Labute approximate surface area is 286 Å². The maximum absolute atomic E-state index is 5.31. The SMILES string of the molecule is CC1(C)c2ccccc2-c2ccc(-c3cccc4c3-c3ccccc3C43c4ccccc4-n4c(-c5ccccc5)nc5cccc3c54)cc21. The summed E-state index contributed by atoms with van der Waals surface area (Å²) in [5.41, 5.74) is 19.9. The van der Waals surface area contributed by atoms with Gasteiger partial charge in [-0.05, 0) is 85.0 Å². The molecule has 1 aliphatic heterocycles. The number of fused-ring (bicyclic) bond motifs is 12. The standard InChI is InChI=1S/C47H32N2/c1-46(2)35-19-8-6-16-32(35)33-27-26-30(28-40(33)46)31-18-12-22-38-43(31)34-17-7-9-20-36(34)47(38)37-21-10-11-25-42(37)49-44-39(47)23-13-24-41(44)48-45(49)29-14-4-3-5-15-29/h3-28H,1-2H3. The third kappa shape index (κ3) is 3.24. The first-order valence-electron chi connectivity index (χ1n) is 17.2. The Hall–Kier alpha value is -5.99. The van der Waals surface area contributed by atoms with Crippen LogP contribution in [0.25, 0.3) is 61.5 Å². The quantitative estimate of drug-likeness (QED) is 0.187. The van der Waals surface area contributed by atoms with Crippen molar-refractivity contribution < 1.29 is 0 Å². The third-order valence-electron chi connectivity index (χ3n) is 11.6. The first kappa shape index (κ1) is 27.0. The molecule has 0 N–H and O–H groups in total. The lowest BCUT2D eigenvalue weighted by Crippen LogP contribution is -2.33. The number of hydrogen-bond acceptors (Lipinski definition) is 1. The summed E-state index contributed by atoms with van der Waals surface area (Å²) in [5.74, 6) is 0.979. The van der Waals surface area contributed by atoms with Crippen LogP contribution in [0.2, 0.25) is 0 Å². The molecule has 0 saturated carbocycles. The lowest BCUT2D eigenvalue weighted by atomic mass is 9.65. The Bertz CT molecular complexity index is 2690. The fourth-order valence-electron chi connectivity index (χ4n) is 9.60. The number of rotatable bonds is 2. The summed E-state index contributed by atoms with van der Waals surface area (Å²) in [4.78, 5) is 5.31. The topological polar surface area (TPSA) is 17.8 Å². The van der Waals surface area contributed by atoms with Gasteiger partial charge in [0.05, 0.1) is 22.1 Å². The van der Waals surface area contributed by atoms with Gasteiger partial charge >= 0.3 is 0 Å². The molecule has 0 amide bonds. The van der Waals surface area contributed by atoms with E-state index in [4.69, 9.17) is 4.98 Å². The summed E-state index contributed by atoms with van der Waals surface area (Å²) in [7, 11) is 0. The predicted molar refractivity (Wildman–Crippen MR) is 200 cm³/mol. The van der Waals surface area contributed by atoms with Gasteiger partial charge in [-0.2, -0.15) is 0 Å². The van der Waals surface area contributed by atoms with Crippen LogP contribution in [0.5, 0.6) is 0 Å². The van der Waals surface area contributed by atoms with Gasteiger partial charge < -0.3 is 0 Å². The summed E-state index contributed by atoms with van der Waals surface area (Å²) >= 11 is 0. The van der Waals surface area contributed by atoms with Crippen molar-refractivity contribution in [3.05, 3.63) is 191 Å². The van der Waals surface area contributed by atoms with Crippen LogP contribution in [0.4, 0.5) is 0 Å². The highest BCUT2D eigenvalue weighted by Gasteiger charge is 2.51. The van der Waals surface area contributed by atoms with Gasteiger partial charge in [-0.15, -0.1) is 0 Å². The normalized spacial score (nSPS) is 17.0. The molecule has 1 atom stereocenters. The van der Waals surface area contributed by atoms with Crippen molar-refractivity contribution in [1.29, 1.82) is 0 Å². The van der Waals surface area contributed by atoms with E-state index in [1.165, 1.54) is 78.0 Å². The van der Waals surface area contributed by atoms with Gasteiger partial charge in [0, 0.05) is 11.0 Å². The van der Waals surface area contributed by atoms with E-state index < -0.39 is 5.41 Å². The molecule has 11 rings (SSSR count). The first-order valence-corrected chi connectivity index (χ1v) is 17.2. The Kier molecular flexibility index (Phi) is 5.14. The highest BCUT2D eigenvalue weighted by molar-refractivity contribution is 6.01. The van der Waals surface area contributed by atoms with Crippen molar-refractivity contribution in [2.24, 2.45) is 0 Å². The highest BCUT2D eigenvalue weighted by atomic mass is 15.1. The predicted octanol–water partition coefficient (Wildman–Crippen LogP) is 11.3. The number of nitrogens with zero attached hydrogens (tertiary/aromatic N) is 2. The van der Waals surface area contributed by atoms with E-state index in [2.05, 4.69) is 176 Å². The van der Waals surface area contributed by atoms with Crippen molar-refractivity contribution in [2.45, 2.75) is 24.7 Å². The van der Waals surface area contributed by atoms with Gasteiger partial charge in [0.15, 0.2) is 0 Å². The van der Waals surface area contributed by atoms with E-state index in [1.807, 2.05) is 0 Å². The van der Waals surface area contributed by atoms with Crippen LogP contribution >= 0.6 is 0 Å². The number of para-hydroxylation sites is 2. The molecular formula is C47H32N2. The molecule has 1 aromatic heterocycles. The molecule has 2 nitrogen and oxygen atoms in total. The van der Waals surface area contributed by atoms with Crippen molar-refractivity contribution in [3.63, 3.8) is 0 Å². The van der Waals surface area contributed by atoms with E-state index in [0.29, 0.717) is 0 Å². The zero-order valence-electron chi connectivity index (χ0n) is 27.4. The maximum Gasteiger partial charge on any atom is 0.145 e. The van der Waals surface area contributed by atoms with Crippen LogP contribution in [-0.4, -0.2) is 9.55 Å². The zero-order valence-corrected chi connectivity index (χ0v) is 27.4. The molecule has 0 fully saturated rings. The monoisotopic (exact) mass is 624 g/mol. The number of imidazole rings is 1. The molecule has 1 unspecified atom stereocenters. The Morgan fingerprint density at radius 1 is 0.449 bits per heavy atom. The average Bonchev–Trinajstić information content (AvgIpc) is 3.77. The van der Waals surface area contributed by atoms with Gasteiger partial charge in [0.2, 0.25) is 0 Å². The van der Waals surface area contributed by atoms with Gasteiger partial charge in [-0.25, -0.2) is 4.98 Å². The molecule has 3 aliphatic rings. The Morgan fingerprint density at radius 3 is 1.94 bits per heavy atom. The van der Waals surface area contributed by atoms with Crippen molar-refractivity contribution >= 4 is 11.0 Å². The number of benzene rings is 7. The summed E-state index contributed by atoms with van der Waals surface area (Å²) in [6, 6.07) is 58.5. The maximum atomic E-state index is 5.31. The van der Waals surface area contributed by atoms with E-state index in [1.54, 1.807) is 0 Å². The lowest BCUT2D eigenvalue weighted by Gasteiger charge is -2.39. The molecule has 0 bridgehead atoms. The molecule has 2 heterocycles. The first-order chi connectivity index (χ1) is 24.1. The van der Waals surface area contributed by atoms with Crippen LogP contribution in [0.3, 0.4) is 0 Å². The van der Waals surface area contributed by atoms with Crippen LogP contribution in [-0.2, 0) is 10.8 Å². The second-order valence-corrected chi connectivity index (χ2v) is 14.3. The minimum atomic E-state index is -0.492. The summed E-state index contributed by atoms with van der Waals surface area (Å²) in [6.07, 6.45) is 0. The number of hydrogen-bond donors (Lipinski definition) is 0. The third-order valence-corrected chi connectivity index (χ3v) is 11.6. The molecular weight excluding hydrogens is 593 g/mol. The van der Waals surface area contributed by atoms with Crippen molar-refractivity contribution in [2.75, 3.05) is 0 Å². The van der Waals surface area contributed by atoms with Crippen LogP contribution in [0.1, 0.15) is 47.2 Å². The minimum Gasteiger partial charge on any atom is -0.292 e. The molecule has 7 aromatic carbocycles. The summed E-state index contributed by atoms with van der Waals surface area (Å²) in [6.45, 7) is 4.74. The van der Waals surface area contributed by atoms with E-state index in [-0.39, 0.29) is 5.41 Å². The molecule has 230 valence electrons. The van der Waals surface area contributed by atoms with Crippen LogP contribution in [0, 0.1) is 0 Å². The molecule has 0 saturated heterocycles. The fraction of sp³-hybridized carbons (Fsp3) is 0.0851. The summed E-state index contributed by atoms with van der Waals surface area (Å²) in [5, 5.41) is 0. The molecule has 0 radical (unpaired) electrons. The fourth-order valence-corrected chi connectivity index (χ4v) is 9.60. The molecule has 2 aliphatic carbocycles. The zero-order chi connectivity index (χ0) is 32.5. The molecule has 49 heavy (non-hydrogen) atoms. The van der Waals surface area contributed by atoms with E-state index in [0.717, 1.165) is 16.9 Å². The van der Waals surface area contributed by atoms with E-state index >= 15 is 0 Å². The van der Waals surface area contributed by atoms with E-state index in [9.17, 15) is 0 Å². The van der Waals surface area contributed by atoms with Crippen molar-refractivity contribution in [3.8, 4) is 50.5 Å².